The Morgan fingerprint density at radius 2 is 2.00 bits per heavy atom. The Morgan fingerprint density at radius 1 is 1.19 bits per heavy atom. The molecule has 1 aromatic carbocycles. The SMILES string of the molecule is CCc1c(F)cccc1Cc1c(CO)nc2ccc(N3CCOCC3)nn12. The number of rotatable bonds is 5. The van der Waals surface area contributed by atoms with E-state index in [1.807, 2.05) is 25.1 Å². The molecule has 0 spiro atoms. The summed E-state index contributed by atoms with van der Waals surface area (Å²) in [4.78, 5) is 6.68. The van der Waals surface area contributed by atoms with Crippen molar-refractivity contribution in [2.24, 2.45) is 0 Å². The molecule has 0 amide bonds. The Balaban J connectivity index is 1.77. The van der Waals surface area contributed by atoms with Crippen molar-refractivity contribution in [3.8, 4) is 0 Å². The van der Waals surface area contributed by atoms with E-state index < -0.39 is 0 Å². The maximum Gasteiger partial charge on any atom is 0.154 e. The smallest absolute Gasteiger partial charge is 0.154 e. The fourth-order valence-corrected chi connectivity index (χ4v) is 3.62. The number of aliphatic hydroxyl groups excluding tert-OH is 1. The zero-order chi connectivity index (χ0) is 18.8. The van der Waals surface area contributed by atoms with Crippen LogP contribution in [0.4, 0.5) is 10.2 Å². The summed E-state index contributed by atoms with van der Waals surface area (Å²) in [5.74, 6) is 0.653. The van der Waals surface area contributed by atoms with Gasteiger partial charge in [0, 0.05) is 19.5 Å². The minimum atomic E-state index is -0.198. The van der Waals surface area contributed by atoms with Gasteiger partial charge in [-0.15, -0.1) is 5.10 Å². The highest BCUT2D eigenvalue weighted by atomic mass is 19.1. The summed E-state index contributed by atoms with van der Waals surface area (Å²) in [6, 6.07) is 8.98. The van der Waals surface area contributed by atoms with Crippen LogP contribution in [-0.4, -0.2) is 46.0 Å². The highest BCUT2D eigenvalue weighted by molar-refractivity contribution is 5.49. The molecule has 0 radical (unpaired) electrons. The van der Waals surface area contributed by atoms with Crippen LogP contribution in [0, 0.1) is 5.82 Å². The third-order valence-corrected chi connectivity index (χ3v) is 5.05. The number of fused-ring (bicyclic) bond motifs is 1. The first kappa shape index (κ1) is 17.9. The van der Waals surface area contributed by atoms with Crippen LogP contribution in [-0.2, 0) is 24.2 Å². The minimum absolute atomic E-state index is 0.178. The first-order valence-corrected chi connectivity index (χ1v) is 9.28. The predicted molar refractivity (Wildman–Crippen MR) is 101 cm³/mol. The Morgan fingerprint density at radius 3 is 2.74 bits per heavy atom. The third kappa shape index (κ3) is 3.40. The van der Waals surface area contributed by atoms with Gasteiger partial charge in [-0.3, -0.25) is 0 Å². The van der Waals surface area contributed by atoms with E-state index in [1.165, 1.54) is 6.07 Å². The Hall–Kier alpha value is -2.51. The molecule has 0 aliphatic carbocycles. The molecule has 1 aliphatic rings. The fourth-order valence-electron chi connectivity index (χ4n) is 3.62. The molecule has 1 N–H and O–H groups in total. The second kappa shape index (κ2) is 7.62. The summed E-state index contributed by atoms with van der Waals surface area (Å²) in [6.45, 7) is 4.71. The summed E-state index contributed by atoms with van der Waals surface area (Å²) in [6.07, 6.45) is 1.08. The maximum absolute atomic E-state index is 14.2. The molecular weight excluding hydrogens is 347 g/mol. The lowest BCUT2D eigenvalue weighted by atomic mass is 10.00. The van der Waals surface area contributed by atoms with Crippen molar-refractivity contribution >= 4 is 11.5 Å². The maximum atomic E-state index is 14.2. The first-order valence-electron chi connectivity index (χ1n) is 9.28. The number of imidazole rings is 1. The average Bonchev–Trinajstić information content (AvgIpc) is 3.06. The molecule has 7 heteroatoms. The summed E-state index contributed by atoms with van der Waals surface area (Å²) in [7, 11) is 0. The first-order chi connectivity index (χ1) is 13.2. The topological polar surface area (TPSA) is 62.9 Å². The van der Waals surface area contributed by atoms with Gasteiger partial charge < -0.3 is 14.7 Å². The summed E-state index contributed by atoms with van der Waals surface area (Å²) in [5, 5.41) is 14.6. The minimum Gasteiger partial charge on any atom is -0.390 e. The molecule has 3 aromatic rings. The second-order valence-corrected chi connectivity index (χ2v) is 6.63. The van der Waals surface area contributed by atoms with Crippen LogP contribution in [0.2, 0.25) is 0 Å². The lowest BCUT2D eigenvalue weighted by Gasteiger charge is -2.27. The quantitative estimate of drug-likeness (QED) is 0.747. The Kier molecular flexibility index (Phi) is 5.05. The van der Waals surface area contributed by atoms with Crippen LogP contribution in [0.5, 0.6) is 0 Å². The number of aromatic nitrogens is 3. The monoisotopic (exact) mass is 370 g/mol. The summed E-state index contributed by atoms with van der Waals surface area (Å²) in [5.41, 5.74) is 3.64. The van der Waals surface area contributed by atoms with E-state index >= 15 is 0 Å². The van der Waals surface area contributed by atoms with E-state index in [1.54, 1.807) is 10.6 Å². The number of anilines is 1. The van der Waals surface area contributed by atoms with Crippen LogP contribution in [0.3, 0.4) is 0 Å². The number of hydrogen-bond donors (Lipinski definition) is 1. The number of hydrogen-bond acceptors (Lipinski definition) is 5. The van der Waals surface area contributed by atoms with Crippen LogP contribution < -0.4 is 4.90 Å². The van der Waals surface area contributed by atoms with Crippen molar-refractivity contribution in [3.63, 3.8) is 0 Å². The highest BCUT2D eigenvalue weighted by Gasteiger charge is 2.18. The van der Waals surface area contributed by atoms with Crippen molar-refractivity contribution < 1.29 is 14.2 Å². The van der Waals surface area contributed by atoms with Gasteiger partial charge in [0.1, 0.15) is 11.6 Å². The number of benzene rings is 1. The molecule has 4 rings (SSSR count). The fraction of sp³-hybridized carbons (Fsp3) is 0.400. The van der Waals surface area contributed by atoms with Gasteiger partial charge in [-0.2, -0.15) is 0 Å². The molecule has 6 nitrogen and oxygen atoms in total. The average molecular weight is 370 g/mol. The highest BCUT2D eigenvalue weighted by Crippen LogP contribution is 2.23. The second-order valence-electron chi connectivity index (χ2n) is 6.63. The summed E-state index contributed by atoms with van der Waals surface area (Å²) < 4.78 is 21.4. The lowest BCUT2D eigenvalue weighted by Crippen LogP contribution is -2.37. The van der Waals surface area contributed by atoms with Gasteiger partial charge in [-0.05, 0) is 35.7 Å². The number of morpholine rings is 1. The Bertz CT molecular complexity index is 951. The summed E-state index contributed by atoms with van der Waals surface area (Å²) >= 11 is 0. The van der Waals surface area contributed by atoms with Gasteiger partial charge in [0.05, 0.1) is 31.2 Å². The van der Waals surface area contributed by atoms with Crippen LogP contribution in [0.25, 0.3) is 5.65 Å². The molecule has 2 aromatic heterocycles. The molecule has 1 aliphatic heterocycles. The molecule has 0 unspecified atom stereocenters. The van der Waals surface area contributed by atoms with Crippen molar-refractivity contribution in [1.29, 1.82) is 0 Å². The number of aliphatic hydroxyl groups is 1. The third-order valence-electron chi connectivity index (χ3n) is 5.05. The Labute approximate surface area is 157 Å². The van der Waals surface area contributed by atoms with Crippen molar-refractivity contribution in [1.82, 2.24) is 14.6 Å². The van der Waals surface area contributed by atoms with E-state index in [2.05, 4.69) is 9.88 Å². The molecule has 27 heavy (non-hydrogen) atoms. The van der Waals surface area contributed by atoms with Crippen LogP contribution in [0.1, 0.15) is 29.4 Å². The molecule has 1 fully saturated rings. The zero-order valence-corrected chi connectivity index (χ0v) is 15.4. The van der Waals surface area contributed by atoms with E-state index in [0.29, 0.717) is 43.0 Å². The molecular formula is C20H23FN4O2. The van der Waals surface area contributed by atoms with E-state index in [-0.39, 0.29) is 12.4 Å². The van der Waals surface area contributed by atoms with Crippen molar-refractivity contribution in [2.75, 3.05) is 31.2 Å². The lowest BCUT2D eigenvalue weighted by molar-refractivity contribution is 0.122. The molecule has 0 saturated carbocycles. The normalized spacial score (nSPS) is 14.9. The molecule has 3 heterocycles. The van der Waals surface area contributed by atoms with Crippen LogP contribution >= 0.6 is 0 Å². The molecule has 0 atom stereocenters. The number of halogens is 1. The molecule has 142 valence electrons. The van der Waals surface area contributed by atoms with Gasteiger partial charge in [0.15, 0.2) is 5.65 Å². The van der Waals surface area contributed by atoms with E-state index in [9.17, 15) is 9.50 Å². The number of ether oxygens (including phenoxy) is 1. The van der Waals surface area contributed by atoms with Crippen molar-refractivity contribution in [3.05, 3.63) is 58.7 Å². The van der Waals surface area contributed by atoms with Gasteiger partial charge in [-0.25, -0.2) is 13.9 Å². The molecule has 1 saturated heterocycles. The number of nitrogens with zero attached hydrogens (tertiary/aromatic N) is 4. The standard InChI is InChI=1S/C20H23FN4O2/c1-2-15-14(4-3-5-16(15)21)12-18-17(13-26)22-19-6-7-20(23-25(18)19)24-8-10-27-11-9-24/h3-7,26H,2,8-13H2,1H3. The zero-order valence-electron chi connectivity index (χ0n) is 15.4. The van der Waals surface area contributed by atoms with E-state index in [0.717, 1.165) is 30.2 Å². The largest absolute Gasteiger partial charge is 0.390 e. The predicted octanol–water partition coefficient (Wildman–Crippen LogP) is 2.35. The van der Waals surface area contributed by atoms with Gasteiger partial charge in [0.25, 0.3) is 0 Å². The van der Waals surface area contributed by atoms with Gasteiger partial charge >= 0.3 is 0 Å². The van der Waals surface area contributed by atoms with Crippen LogP contribution in [0.15, 0.2) is 30.3 Å². The molecule has 0 bridgehead atoms. The van der Waals surface area contributed by atoms with Gasteiger partial charge in [-0.1, -0.05) is 19.1 Å². The van der Waals surface area contributed by atoms with E-state index in [4.69, 9.17) is 9.84 Å². The van der Waals surface area contributed by atoms with Gasteiger partial charge in [0.2, 0.25) is 0 Å². The van der Waals surface area contributed by atoms with Crippen molar-refractivity contribution in [2.45, 2.75) is 26.4 Å².